The van der Waals surface area contributed by atoms with Gasteiger partial charge in [0.1, 0.15) is 0 Å². The SMILES string of the molecule is CCC[CH2][Sn]1([CH2]CCC)[O]C(=O)c2cccc(n2)C(=O)[O]1.O. The normalized spacial score (nSPS) is 15.9. The van der Waals surface area contributed by atoms with Crippen molar-refractivity contribution in [2.75, 3.05) is 0 Å². The van der Waals surface area contributed by atoms with E-state index in [1.165, 1.54) is 0 Å². The summed E-state index contributed by atoms with van der Waals surface area (Å²) in [6.07, 6.45) is 3.82. The van der Waals surface area contributed by atoms with Crippen LogP contribution in [0.2, 0.25) is 8.87 Å². The van der Waals surface area contributed by atoms with Gasteiger partial charge in [-0.15, -0.1) is 0 Å². The van der Waals surface area contributed by atoms with E-state index in [4.69, 9.17) is 6.15 Å². The summed E-state index contributed by atoms with van der Waals surface area (Å²) in [6.45, 7) is 4.16. The van der Waals surface area contributed by atoms with E-state index in [-0.39, 0.29) is 16.9 Å². The molecule has 0 unspecified atom stereocenters. The first-order chi connectivity index (χ1) is 10.1. The fourth-order valence-corrected chi connectivity index (χ4v) is 12.0. The van der Waals surface area contributed by atoms with Crippen molar-refractivity contribution < 1.29 is 21.2 Å². The number of aromatic nitrogens is 1. The monoisotopic (exact) mass is 417 g/mol. The summed E-state index contributed by atoms with van der Waals surface area (Å²) in [6, 6.07) is 4.79. The first-order valence-corrected chi connectivity index (χ1v) is 13.9. The molecule has 122 valence electrons. The molecule has 0 saturated carbocycles. The summed E-state index contributed by atoms with van der Waals surface area (Å²) >= 11 is -3.72. The Kier molecular flexibility index (Phi) is 7.28. The molecule has 1 aliphatic rings. The van der Waals surface area contributed by atoms with Crippen molar-refractivity contribution in [3.8, 4) is 0 Å². The molecule has 2 N–H and O–H groups in total. The van der Waals surface area contributed by atoms with Gasteiger partial charge in [0.25, 0.3) is 0 Å². The van der Waals surface area contributed by atoms with Crippen LogP contribution in [0.5, 0.6) is 0 Å². The van der Waals surface area contributed by atoms with E-state index in [0.29, 0.717) is 0 Å². The fourth-order valence-electron chi connectivity index (χ4n) is 2.35. The van der Waals surface area contributed by atoms with Crippen LogP contribution in [0.25, 0.3) is 0 Å². The maximum atomic E-state index is 12.3. The van der Waals surface area contributed by atoms with E-state index in [1.807, 2.05) is 0 Å². The molecule has 6 nitrogen and oxygen atoms in total. The molecule has 0 saturated heterocycles. The summed E-state index contributed by atoms with van der Waals surface area (Å²) in [5.41, 5.74) is 0.413. The predicted octanol–water partition coefficient (Wildman–Crippen LogP) is 2.63. The molecule has 7 heteroatoms. The standard InChI is InChI=1S/C7H5NO4.2C4H9.H2O.Sn/c9-6(10)4-2-1-3-5(8-4)7(11)12;2*1-3-4-2;;/h1-3H,(H,9,10)(H,11,12);2*1,3-4H2,2H3;1H2;/q;;;;+2/p-2. The van der Waals surface area contributed by atoms with E-state index in [0.717, 1.165) is 34.6 Å². The zero-order chi connectivity index (χ0) is 15.3. The Morgan fingerprint density at radius 3 is 1.82 bits per heavy atom. The van der Waals surface area contributed by atoms with E-state index in [1.54, 1.807) is 18.2 Å². The largest absolute Gasteiger partial charge is 0.412 e. The summed E-state index contributed by atoms with van der Waals surface area (Å²) in [5.74, 6) is -0.875. The molecule has 1 aromatic heterocycles. The van der Waals surface area contributed by atoms with Crippen molar-refractivity contribution >= 4 is 31.1 Å². The molecule has 0 amide bonds. The number of carbonyl (C=O) groups excluding carboxylic acids is 2. The minimum absolute atomic E-state index is 0. The fraction of sp³-hybridized carbons (Fsp3) is 0.533. The van der Waals surface area contributed by atoms with E-state index in [9.17, 15) is 9.59 Å². The topological polar surface area (TPSA) is 97.0 Å². The molecule has 2 rings (SSSR count). The Morgan fingerprint density at radius 2 is 1.41 bits per heavy atom. The number of hydrogen-bond acceptors (Lipinski definition) is 5. The minimum Gasteiger partial charge on any atom is -0.412 e. The molecule has 2 bridgehead atoms. The molecular weight excluding hydrogens is 393 g/mol. The first kappa shape index (κ1) is 18.9. The number of hydrogen-bond donors (Lipinski definition) is 0. The van der Waals surface area contributed by atoms with Gasteiger partial charge in [0.15, 0.2) is 0 Å². The van der Waals surface area contributed by atoms with E-state index >= 15 is 0 Å². The molecule has 0 aliphatic carbocycles. The quantitative estimate of drug-likeness (QED) is 0.665. The molecule has 0 radical (unpaired) electrons. The number of fused-ring (bicyclic) bond motifs is 2. The predicted molar refractivity (Wildman–Crippen MR) is 83.9 cm³/mol. The van der Waals surface area contributed by atoms with Crippen LogP contribution in [0.4, 0.5) is 0 Å². The molecule has 2 heterocycles. The van der Waals surface area contributed by atoms with Crippen molar-refractivity contribution in [2.45, 2.75) is 48.4 Å². The van der Waals surface area contributed by atoms with Crippen LogP contribution in [-0.2, 0) is 6.15 Å². The Bertz CT molecular complexity index is 491. The molecule has 0 spiro atoms. The van der Waals surface area contributed by atoms with Gasteiger partial charge in [-0.2, -0.15) is 0 Å². The van der Waals surface area contributed by atoms with Gasteiger partial charge in [-0.05, 0) is 0 Å². The maximum Gasteiger partial charge on any atom is -0.412 e. The van der Waals surface area contributed by atoms with Gasteiger partial charge >= 0.3 is 130 Å². The van der Waals surface area contributed by atoms with Gasteiger partial charge < -0.3 is 5.48 Å². The third-order valence-electron chi connectivity index (χ3n) is 3.55. The van der Waals surface area contributed by atoms with Crippen LogP contribution in [-0.4, -0.2) is 41.6 Å². The van der Waals surface area contributed by atoms with Crippen LogP contribution in [0.3, 0.4) is 0 Å². The summed E-state index contributed by atoms with van der Waals surface area (Å²) in [7, 11) is 0. The van der Waals surface area contributed by atoms with Crippen molar-refractivity contribution in [1.29, 1.82) is 0 Å². The summed E-state index contributed by atoms with van der Waals surface area (Å²) in [5, 5.41) is 0. The van der Waals surface area contributed by atoms with Crippen LogP contribution in [0.15, 0.2) is 18.2 Å². The van der Waals surface area contributed by atoms with Gasteiger partial charge in [0.05, 0.1) is 0 Å². The molecule has 0 atom stereocenters. The minimum atomic E-state index is -3.72. The molecule has 0 fully saturated rings. The zero-order valence-corrected chi connectivity index (χ0v) is 15.9. The molecule has 0 aromatic carbocycles. The second-order valence-corrected chi connectivity index (χ2v) is 14.5. The first-order valence-electron chi connectivity index (χ1n) is 7.54. The van der Waals surface area contributed by atoms with Crippen molar-refractivity contribution in [1.82, 2.24) is 4.98 Å². The zero-order valence-electron chi connectivity index (χ0n) is 13.1. The maximum absolute atomic E-state index is 12.3. The number of unbranched alkanes of at least 4 members (excludes halogenated alkanes) is 2. The number of carbonyl (C=O) groups is 2. The van der Waals surface area contributed by atoms with Crippen LogP contribution in [0, 0.1) is 0 Å². The smallest absolute Gasteiger partial charge is 0.412 e. The van der Waals surface area contributed by atoms with Gasteiger partial charge in [0, 0.05) is 0 Å². The molecule has 1 aromatic rings. The third-order valence-corrected chi connectivity index (χ3v) is 13.1. The Labute approximate surface area is 135 Å². The van der Waals surface area contributed by atoms with Crippen molar-refractivity contribution in [3.05, 3.63) is 29.6 Å². The van der Waals surface area contributed by atoms with Crippen LogP contribution in [0.1, 0.15) is 60.5 Å². The van der Waals surface area contributed by atoms with Crippen molar-refractivity contribution in [2.24, 2.45) is 0 Å². The van der Waals surface area contributed by atoms with Crippen LogP contribution >= 0.6 is 0 Å². The van der Waals surface area contributed by atoms with E-state index in [2.05, 4.69) is 18.8 Å². The average Bonchev–Trinajstić information content (AvgIpc) is 2.50. The average molecular weight is 416 g/mol. The Morgan fingerprint density at radius 1 is 0.955 bits per heavy atom. The van der Waals surface area contributed by atoms with E-state index < -0.39 is 31.1 Å². The molecule has 22 heavy (non-hydrogen) atoms. The van der Waals surface area contributed by atoms with Gasteiger partial charge in [-0.1, -0.05) is 0 Å². The van der Waals surface area contributed by atoms with Crippen LogP contribution < -0.4 is 0 Å². The number of pyridine rings is 1. The summed E-state index contributed by atoms with van der Waals surface area (Å²) < 4.78 is 13.0. The second kappa shape index (κ2) is 8.47. The third kappa shape index (κ3) is 4.42. The van der Waals surface area contributed by atoms with Crippen molar-refractivity contribution in [3.63, 3.8) is 0 Å². The number of rotatable bonds is 6. The Balaban J connectivity index is 0.00000242. The van der Waals surface area contributed by atoms with Gasteiger partial charge in [-0.25, -0.2) is 0 Å². The number of nitrogens with zero attached hydrogens (tertiary/aromatic N) is 1. The van der Waals surface area contributed by atoms with Gasteiger partial charge in [0.2, 0.25) is 0 Å². The second-order valence-electron chi connectivity index (χ2n) is 5.30. The van der Waals surface area contributed by atoms with Gasteiger partial charge in [-0.3, -0.25) is 0 Å². The molecular formula is C15H23NO5Sn. The Hall–Kier alpha value is -1.15. The summed E-state index contributed by atoms with van der Waals surface area (Å²) in [4.78, 5) is 28.5. The molecule has 1 aliphatic heterocycles.